The van der Waals surface area contributed by atoms with Gasteiger partial charge in [0, 0.05) is 12.5 Å². The Morgan fingerprint density at radius 1 is 1.59 bits per heavy atom. The molecule has 0 aliphatic heterocycles. The minimum Gasteiger partial charge on any atom is -0.481 e. The lowest BCUT2D eigenvalue weighted by molar-refractivity contribution is -0.142. The summed E-state index contributed by atoms with van der Waals surface area (Å²) in [5, 5.41) is 13.2. The second kappa shape index (κ2) is 6.34. The van der Waals surface area contributed by atoms with Crippen molar-refractivity contribution in [2.75, 3.05) is 6.54 Å². The molecule has 6 heteroatoms. The molecular formula is C11H20N4O2. The van der Waals surface area contributed by atoms with Gasteiger partial charge in [0.1, 0.15) is 12.2 Å². The van der Waals surface area contributed by atoms with Crippen molar-refractivity contribution < 1.29 is 9.90 Å². The van der Waals surface area contributed by atoms with Crippen molar-refractivity contribution >= 4 is 5.97 Å². The van der Waals surface area contributed by atoms with Gasteiger partial charge >= 0.3 is 5.97 Å². The van der Waals surface area contributed by atoms with Gasteiger partial charge in [-0.15, -0.1) is 0 Å². The number of nitrogens with two attached hydrogens (primary N) is 1. The average molecular weight is 240 g/mol. The van der Waals surface area contributed by atoms with Crippen LogP contribution in [0.1, 0.15) is 38.6 Å². The number of hydrogen-bond acceptors (Lipinski definition) is 4. The van der Waals surface area contributed by atoms with Gasteiger partial charge < -0.3 is 10.8 Å². The van der Waals surface area contributed by atoms with Crippen LogP contribution in [0.3, 0.4) is 0 Å². The van der Waals surface area contributed by atoms with Crippen LogP contribution in [0.5, 0.6) is 0 Å². The van der Waals surface area contributed by atoms with Gasteiger partial charge in [0.05, 0.1) is 5.92 Å². The largest absolute Gasteiger partial charge is 0.481 e. The molecule has 6 nitrogen and oxygen atoms in total. The molecule has 1 heterocycles. The lowest BCUT2D eigenvalue weighted by Gasteiger charge is -2.13. The van der Waals surface area contributed by atoms with Gasteiger partial charge in [-0.2, -0.15) is 5.10 Å². The van der Waals surface area contributed by atoms with E-state index in [2.05, 4.69) is 10.1 Å². The van der Waals surface area contributed by atoms with E-state index in [0.29, 0.717) is 25.8 Å². The summed E-state index contributed by atoms with van der Waals surface area (Å²) in [4.78, 5) is 15.2. The number of rotatable bonds is 7. The van der Waals surface area contributed by atoms with Gasteiger partial charge in [-0.25, -0.2) is 9.67 Å². The summed E-state index contributed by atoms with van der Waals surface area (Å²) in [6, 6.07) is 0.191. The minimum absolute atomic E-state index is 0.191. The Morgan fingerprint density at radius 2 is 2.29 bits per heavy atom. The lowest BCUT2D eigenvalue weighted by Crippen LogP contribution is -2.21. The first-order valence-electron chi connectivity index (χ1n) is 5.87. The Hall–Kier alpha value is -1.43. The molecule has 0 radical (unpaired) electrons. The molecule has 1 aromatic rings. The fourth-order valence-corrected chi connectivity index (χ4v) is 1.75. The number of nitrogens with zero attached hydrogens (tertiary/aromatic N) is 3. The van der Waals surface area contributed by atoms with Crippen LogP contribution in [0.4, 0.5) is 0 Å². The summed E-state index contributed by atoms with van der Waals surface area (Å²) in [5.74, 6) is -0.499. The summed E-state index contributed by atoms with van der Waals surface area (Å²) in [7, 11) is 0. The lowest BCUT2D eigenvalue weighted by atomic mass is 9.99. The van der Waals surface area contributed by atoms with E-state index in [0.717, 1.165) is 5.82 Å². The highest BCUT2D eigenvalue weighted by Crippen LogP contribution is 2.15. The Bertz CT molecular complexity index is 362. The third-order valence-electron chi connectivity index (χ3n) is 2.67. The van der Waals surface area contributed by atoms with Gasteiger partial charge in [-0.3, -0.25) is 4.79 Å². The van der Waals surface area contributed by atoms with Crippen LogP contribution < -0.4 is 5.73 Å². The zero-order chi connectivity index (χ0) is 12.8. The fraction of sp³-hybridized carbons (Fsp3) is 0.727. The Kier molecular flexibility index (Phi) is 5.09. The van der Waals surface area contributed by atoms with Crippen molar-refractivity contribution in [3.8, 4) is 0 Å². The molecule has 1 aromatic heterocycles. The summed E-state index contributed by atoms with van der Waals surface area (Å²) in [6.07, 6.45) is 3.17. The zero-order valence-corrected chi connectivity index (χ0v) is 10.3. The van der Waals surface area contributed by atoms with E-state index < -0.39 is 11.9 Å². The molecule has 0 saturated heterocycles. The molecule has 0 saturated carbocycles. The normalized spacial score (nSPS) is 12.9. The topological polar surface area (TPSA) is 94.0 Å². The van der Waals surface area contributed by atoms with E-state index in [1.165, 1.54) is 6.33 Å². The van der Waals surface area contributed by atoms with E-state index in [1.807, 2.05) is 13.8 Å². The minimum atomic E-state index is -0.795. The number of hydrogen-bond donors (Lipinski definition) is 2. The number of aliphatic carboxylic acids is 1. The van der Waals surface area contributed by atoms with Gasteiger partial charge in [-0.05, 0) is 33.2 Å². The first kappa shape index (κ1) is 13.6. The van der Waals surface area contributed by atoms with Crippen LogP contribution in [-0.4, -0.2) is 32.4 Å². The quantitative estimate of drug-likeness (QED) is 0.736. The van der Waals surface area contributed by atoms with Gasteiger partial charge in [0.25, 0.3) is 0 Å². The summed E-state index contributed by atoms with van der Waals surface area (Å²) in [6.45, 7) is 4.50. The number of aromatic nitrogens is 3. The highest BCUT2D eigenvalue weighted by Gasteiger charge is 2.20. The summed E-state index contributed by atoms with van der Waals surface area (Å²) >= 11 is 0. The first-order chi connectivity index (χ1) is 8.06. The monoisotopic (exact) mass is 240 g/mol. The van der Waals surface area contributed by atoms with Crippen LogP contribution in [0.15, 0.2) is 6.33 Å². The van der Waals surface area contributed by atoms with Crippen LogP contribution in [0, 0.1) is 5.92 Å². The Labute approximate surface area is 101 Å². The third-order valence-corrected chi connectivity index (χ3v) is 2.67. The van der Waals surface area contributed by atoms with Gasteiger partial charge in [0.15, 0.2) is 0 Å². The fourth-order valence-electron chi connectivity index (χ4n) is 1.75. The molecule has 17 heavy (non-hydrogen) atoms. The van der Waals surface area contributed by atoms with E-state index in [1.54, 1.807) is 4.68 Å². The number of carboxylic acids is 1. The molecular weight excluding hydrogens is 220 g/mol. The van der Waals surface area contributed by atoms with Gasteiger partial charge in [-0.1, -0.05) is 0 Å². The molecule has 0 aromatic carbocycles. The molecule has 1 atom stereocenters. The molecule has 1 rings (SSSR count). The van der Waals surface area contributed by atoms with Crippen molar-refractivity contribution in [3.05, 3.63) is 12.2 Å². The van der Waals surface area contributed by atoms with E-state index >= 15 is 0 Å². The smallest absolute Gasteiger partial charge is 0.306 e. The highest BCUT2D eigenvalue weighted by molar-refractivity contribution is 5.70. The molecule has 0 fully saturated rings. The molecule has 0 bridgehead atoms. The van der Waals surface area contributed by atoms with Gasteiger partial charge in [0.2, 0.25) is 0 Å². The second-order valence-electron chi connectivity index (χ2n) is 4.38. The Balaban J connectivity index is 2.71. The molecule has 96 valence electrons. The molecule has 0 aliphatic rings. The molecule has 3 N–H and O–H groups in total. The van der Waals surface area contributed by atoms with Crippen molar-refractivity contribution in [2.24, 2.45) is 11.7 Å². The average Bonchev–Trinajstić information content (AvgIpc) is 2.71. The Morgan fingerprint density at radius 3 is 2.82 bits per heavy atom. The SMILES string of the molecule is CC(C)n1ncnc1CC(CCCN)C(=O)O. The number of carboxylic acid groups (broad SMARTS) is 1. The van der Waals surface area contributed by atoms with Crippen molar-refractivity contribution in [2.45, 2.75) is 39.2 Å². The highest BCUT2D eigenvalue weighted by atomic mass is 16.4. The predicted octanol–water partition coefficient (Wildman–Crippen LogP) is 0.841. The second-order valence-corrected chi connectivity index (χ2v) is 4.38. The third kappa shape index (κ3) is 3.81. The maximum atomic E-state index is 11.1. The molecule has 1 unspecified atom stereocenters. The number of carbonyl (C=O) groups is 1. The maximum Gasteiger partial charge on any atom is 0.306 e. The standard InChI is InChI=1S/C11H20N4O2/c1-8(2)15-10(13-7-14-15)6-9(11(16)17)4-3-5-12/h7-9H,3-6,12H2,1-2H3,(H,16,17). The molecule has 0 amide bonds. The van der Waals surface area contributed by atoms with Crippen LogP contribution >= 0.6 is 0 Å². The summed E-state index contributed by atoms with van der Waals surface area (Å²) < 4.78 is 1.76. The van der Waals surface area contributed by atoms with Crippen LogP contribution in [0.2, 0.25) is 0 Å². The zero-order valence-electron chi connectivity index (χ0n) is 10.3. The molecule has 0 aliphatic carbocycles. The van der Waals surface area contributed by atoms with E-state index in [-0.39, 0.29) is 6.04 Å². The molecule has 0 spiro atoms. The van der Waals surface area contributed by atoms with Crippen molar-refractivity contribution in [1.82, 2.24) is 14.8 Å². The van der Waals surface area contributed by atoms with Crippen LogP contribution in [-0.2, 0) is 11.2 Å². The van der Waals surface area contributed by atoms with E-state index in [4.69, 9.17) is 10.8 Å². The first-order valence-corrected chi connectivity index (χ1v) is 5.87. The maximum absolute atomic E-state index is 11.1. The van der Waals surface area contributed by atoms with Crippen molar-refractivity contribution in [1.29, 1.82) is 0 Å². The predicted molar refractivity (Wildman–Crippen MR) is 63.5 cm³/mol. The van der Waals surface area contributed by atoms with Crippen LogP contribution in [0.25, 0.3) is 0 Å². The summed E-state index contributed by atoms with van der Waals surface area (Å²) in [5.41, 5.74) is 5.40. The van der Waals surface area contributed by atoms with Crippen molar-refractivity contribution in [3.63, 3.8) is 0 Å². The van der Waals surface area contributed by atoms with E-state index in [9.17, 15) is 4.79 Å².